The fraction of sp³-hybridized carbons (Fsp3) is 0.421. The standard InChI is InChI=1S/C19H22F3N3O2S/c1-12-16(13(2)25-18(24-12)28-3)8-9-17(26)23-10-11-27-15-6-4-14(5-7-15)19(20,21)22/h4-7H,8-11H2,1-3H3,(H,23,26). The molecule has 2 aromatic rings. The Kier molecular flexibility index (Phi) is 7.68. The first kappa shape index (κ1) is 22.0. The van der Waals surface area contributed by atoms with Crippen molar-refractivity contribution >= 4 is 17.7 Å². The van der Waals surface area contributed by atoms with Crippen molar-refractivity contribution in [3.05, 3.63) is 46.8 Å². The number of hydrogen-bond donors (Lipinski definition) is 1. The highest BCUT2D eigenvalue weighted by Gasteiger charge is 2.30. The van der Waals surface area contributed by atoms with E-state index in [0.717, 1.165) is 29.1 Å². The van der Waals surface area contributed by atoms with Gasteiger partial charge in [0, 0.05) is 17.8 Å². The minimum Gasteiger partial charge on any atom is -0.492 e. The minimum atomic E-state index is -4.37. The molecule has 1 amide bonds. The summed E-state index contributed by atoms with van der Waals surface area (Å²) >= 11 is 1.47. The fourth-order valence-electron chi connectivity index (χ4n) is 2.59. The van der Waals surface area contributed by atoms with Gasteiger partial charge in [-0.05, 0) is 56.4 Å². The Labute approximate surface area is 166 Å². The molecule has 0 saturated heterocycles. The summed E-state index contributed by atoms with van der Waals surface area (Å²) in [6.07, 6.45) is -1.63. The molecule has 0 aliphatic carbocycles. The molecule has 9 heteroatoms. The number of aryl methyl sites for hydroxylation is 2. The van der Waals surface area contributed by atoms with E-state index in [4.69, 9.17) is 4.74 Å². The van der Waals surface area contributed by atoms with Crippen LogP contribution in [0.4, 0.5) is 13.2 Å². The van der Waals surface area contributed by atoms with Crippen LogP contribution in [0.25, 0.3) is 0 Å². The van der Waals surface area contributed by atoms with Crippen molar-refractivity contribution in [2.45, 2.75) is 38.0 Å². The van der Waals surface area contributed by atoms with Gasteiger partial charge in [-0.25, -0.2) is 9.97 Å². The van der Waals surface area contributed by atoms with Crippen molar-refractivity contribution in [2.75, 3.05) is 19.4 Å². The van der Waals surface area contributed by atoms with Gasteiger partial charge in [0.25, 0.3) is 0 Å². The van der Waals surface area contributed by atoms with Gasteiger partial charge < -0.3 is 10.1 Å². The van der Waals surface area contributed by atoms with Crippen LogP contribution in [0, 0.1) is 13.8 Å². The average molecular weight is 413 g/mol. The summed E-state index contributed by atoms with van der Waals surface area (Å²) in [6, 6.07) is 4.44. The molecule has 0 radical (unpaired) electrons. The molecule has 0 aliphatic rings. The van der Waals surface area contributed by atoms with E-state index < -0.39 is 11.7 Å². The number of thioether (sulfide) groups is 1. The van der Waals surface area contributed by atoms with Gasteiger partial charge >= 0.3 is 6.18 Å². The van der Waals surface area contributed by atoms with Crippen LogP contribution in [-0.4, -0.2) is 35.3 Å². The van der Waals surface area contributed by atoms with Gasteiger partial charge in [-0.1, -0.05) is 11.8 Å². The quantitative estimate of drug-likeness (QED) is 0.403. The van der Waals surface area contributed by atoms with Crippen molar-refractivity contribution in [3.8, 4) is 5.75 Å². The molecule has 0 aliphatic heterocycles. The van der Waals surface area contributed by atoms with E-state index in [1.807, 2.05) is 20.1 Å². The zero-order chi connectivity index (χ0) is 20.7. The maximum absolute atomic E-state index is 12.5. The third kappa shape index (κ3) is 6.40. The van der Waals surface area contributed by atoms with Gasteiger partial charge in [-0.15, -0.1) is 0 Å². The zero-order valence-corrected chi connectivity index (χ0v) is 16.7. The van der Waals surface area contributed by atoms with Crippen molar-refractivity contribution in [2.24, 2.45) is 0 Å². The summed E-state index contributed by atoms with van der Waals surface area (Å²) in [4.78, 5) is 20.8. The number of carbonyl (C=O) groups is 1. The minimum absolute atomic E-state index is 0.135. The molecule has 0 bridgehead atoms. The van der Waals surface area contributed by atoms with Gasteiger partial charge in [-0.2, -0.15) is 13.2 Å². The Bertz CT molecular complexity index is 788. The Balaban J connectivity index is 1.73. The van der Waals surface area contributed by atoms with E-state index >= 15 is 0 Å². The molecule has 0 fully saturated rings. The second-order valence-electron chi connectivity index (χ2n) is 6.08. The Morgan fingerprint density at radius 1 is 1.14 bits per heavy atom. The van der Waals surface area contributed by atoms with Crippen molar-refractivity contribution in [3.63, 3.8) is 0 Å². The zero-order valence-electron chi connectivity index (χ0n) is 15.9. The molecule has 0 saturated carbocycles. The van der Waals surface area contributed by atoms with E-state index in [-0.39, 0.29) is 19.1 Å². The molecule has 1 aromatic heterocycles. The SMILES string of the molecule is CSc1nc(C)c(CCC(=O)NCCOc2ccc(C(F)(F)F)cc2)c(C)n1. The number of aromatic nitrogens is 2. The van der Waals surface area contributed by atoms with Crippen molar-refractivity contribution in [1.29, 1.82) is 0 Å². The highest BCUT2D eigenvalue weighted by atomic mass is 32.2. The Morgan fingerprint density at radius 2 is 1.75 bits per heavy atom. The van der Waals surface area contributed by atoms with Crippen LogP contribution in [0.2, 0.25) is 0 Å². The molecule has 0 unspecified atom stereocenters. The van der Waals surface area contributed by atoms with Gasteiger partial charge in [0.1, 0.15) is 12.4 Å². The van der Waals surface area contributed by atoms with Crippen molar-refractivity contribution < 1.29 is 22.7 Å². The lowest BCUT2D eigenvalue weighted by Gasteiger charge is -2.11. The fourth-order valence-corrected chi connectivity index (χ4v) is 3.04. The largest absolute Gasteiger partial charge is 0.492 e. The van der Waals surface area contributed by atoms with Gasteiger partial charge in [0.2, 0.25) is 5.91 Å². The van der Waals surface area contributed by atoms with E-state index in [0.29, 0.717) is 23.7 Å². The van der Waals surface area contributed by atoms with Crippen LogP contribution in [0.1, 0.15) is 28.9 Å². The third-order valence-electron chi connectivity index (χ3n) is 4.06. The Hall–Kier alpha value is -2.29. The predicted octanol–water partition coefficient (Wildman–Crippen LogP) is 3.96. The van der Waals surface area contributed by atoms with E-state index in [9.17, 15) is 18.0 Å². The van der Waals surface area contributed by atoms with Crippen LogP contribution in [0.5, 0.6) is 5.75 Å². The number of ether oxygens (including phenoxy) is 1. The number of amides is 1. The second-order valence-corrected chi connectivity index (χ2v) is 6.85. The van der Waals surface area contributed by atoms with Gasteiger partial charge in [-0.3, -0.25) is 4.79 Å². The van der Waals surface area contributed by atoms with Crippen LogP contribution in [-0.2, 0) is 17.4 Å². The number of nitrogens with one attached hydrogen (secondary N) is 1. The monoisotopic (exact) mass is 413 g/mol. The maximum Gasteiger partial charge on any atom is 0.416 e. The lowest BCUT2D eigenvalue weighted by atomic mass is 10.1. The molecule has 0 spiro atoms. The number of alkyl halides is 3. The lowest BCUT2D eigenvalue weighted by Crippen LogP contribution is -2.28. The van der Waals surface area contributed by atoms with Crippen LogP contribution >= 0.6 is 11.8 Å². The number of nitrogens with zero attached hydrogens (tertiary/aromatic N) is 2. The Morgan fingerprint density at radius 3 is 2.29 bits per heavy atom. The lowest BCUT2D eigenvalue weighted by molar-refractivity contribution is -0.137. The molecular weight excluding hydrogens is 391 g/mol. The van der Waals surface area contributed by atoms with E-state index in [1.165, 1.54) is 23.9 Å². The smallest absolute Gasteiger partial charge is 0.416 e. The molecule has 0 atom stereocenters. The van der Waals surface area contributed by atoms with E-state index in [1.54, 1.807) is 0 Å². The summed E-state index contributed by atoms with van der Waals surface area (Å²) in [5, 5.41) is 3.44. The van der Waals surface area contributed by atoms with Crippen LogP contribution in [0.3, 0.4) is 0 Å². The van der Waals surface area contributed by atoms with Gasteiger partial charge in [0.15, 0.2) is 5.16 Å². The summed E-state index contributed by atoms with van der Waals surface area (Å²) in [7, 11) is 0. The summed E-state index contributed by atoms with van der Waals surface area (Å²) in [5.41, 5.74) is 1.98. The van der Waals surface area contributed by atoms with Crippen molar-refractivity contribution in [1.82, 2.24) is 15.3 Å². The number of rotatable bonds is 8. The summed E-state index contributed by atoms with van der Waals surface area (Å²) in [6.45, 7) is 4.24. The highest BCUT2D eigenvalue weighted by Crippen LogP contribution is 2.30. The molecule has 1 heterocycles. The topological polar surface area (TPSA) is 64.1 Å². The first-order chi connectivity index (χ1) is 13.2. The maximum atomic E-state index is 12.5. The summed E-state index contributed by atoms with van der Waals surface area (Å²) < 4.78 is 42.8. The molecule has 2 rings (SSSR count). The van der Waals surface area contributed by atoms with Gasteiger partial charge in [0.05, 0.1) is 12.1 Å². The number of carbonyl (C=O) groups excluding carboxylic acids is 1. The number of halogens is 3. The first-order valence-electron chi connectivity index (χ1n) is 8.65. The predicted molar refractivity (Wildman–Crippen MR) is 102 cm³/mol. The normalized spacial score (nSPS) is 11.4. The molecule has 152 valence electrons. The molecule has 1 aromatic carbocycles. The van der Waals surface area contributed by atoms with Crippen LogP contribution < -0.4 is 10.1 Å². The highest BCUT2D eigenvalue weighted by molar-refractivity contribution is 7.98. The average Bonchev–Trinajstić information content (AvgIpc) is 2.64. The number of hydrogen-bond acceptors (Lipinski definition) is 5. The van der Waals surface area contributed by atoms with E-state index in [2.05, 4.69) is 15.3 Å². The third-order valence-corrected chi connectivity index (χ3v) is 4.61. The number of benzene rings is 1. The first-order valence-corrected chi connectivity index (χ1v) is 9.88. The molecule has 1 N–H and O–H groups in total. The summed E-state index contributed by atoms with van der Waals surface area (Å²) in [5.74, 6) is 0.184. The second kappa shape index (κ2) is 9.77. The van der Waals surface area contributed by atoms with Crippen LogP contribution in [0.15, 0.2) is 29.4 Å². The molecule has 5 nitrogen and oxygen atoms in total. The molecule has 28 heavy (non-hydrogen) atoms. The molecular formula is C19H22F3N3O2S.